The minimum atomic E-state index is -1.17. The van der Waals surface area contributed by atoms with E-state index in [2.05, 4.69) is 12.1 Å². The summed E-state index contributed by atoms with van der Waals surface area (Å²) < 4.78 is 18.8. The van der Waals surface area contributed by atoms with Gasteiger partial charge in [-0.05, 0) is 73.2 Å². The Morgan fingerprint density at radius 3 is 2.33 bits per heavy atom. The van der Waals surface area contributed by atoms with E-state index >= 15 is 0 Å². The summed E-state index contributed by atoms with van der Waals surface area (Å²) in [5.74, 6) is -2.81. The highest BCUT2D eigenvalue weighted by atomic mass is 35.5. The highest BCUT2D eigenvalue weighted by molar-refractivity contribution is 6.22. The van der Waals surface area contributed by atoms with Crippen molar-refractivity contribution in [2.24, 2.45) is 11.8 Å². The minimum Gasteiger partial charge on any atom is -0.450 e. The molecule has 0 N–H and O–H groups in total. The lowest BCUT2D eigenvalue weighted by Crippen LogP contribution is -2.31. The molecule has 4 atom stereocenters. The molecule has 200 valence electrons. The third-order valence-corrected chi connectivity index (χ3v) is 7.80. The van der Waals surface area contributed by atoms with Crippen LogP contribution in [0, 0.1) is 17.7 Å². The van der Waals surface area contributed by atoms with Crippen LogP contribution in [0.4, 0.5) is 10.1 Å². The van der Waals surface area contributed by atoms with E-state index in [1.165, 1.54) is 34.7 Å². The number of ether oxygens (including phenoxy) is 1. The van der Waals surface area contributed by atoms with Gasteiger partial charge in [-0.3, -0.25) is 19.3 Å². The van der Waals surface area contributed by atoms with Crippen LogP contribution < -0.4 is 4.90 Å². The van der Waals surface area contributed by atoms with Crippen LogP contribution in [0.15, 0.2) is 78.9 Å². The fraction of sp³-hybridized carbons (Fsp3) is 0.290. The molecular weight excluding hydrogens is 521 g/mol. The van der Waals surface area contributed by atoms with Crippen molar-refractivity contribution in [2.45, 2.75) is 37.7 Å². The molecule has 3 aromatic rings. The van der Waals surface area contributed by atoms with Crippen LogP contribution in [0.1, 0.15) is 57.9 Å². The maximum Gasteiger partial charge on any atom is 0.338 e. The molecule has 0 radical (unpaired) electrons. The third kappa shape index (κ3) is 5.50. The molecule has 1 saturated heterocycles. The highest BCUT2D eigenvalue weighted by Gasteiger charge is 2.50. The van der Waals surface area contributed by atoms with Crippen molar-refractivity contribution in [3.63, 3.8) is 0 Å². The van der Waals surface area contributed by atoms with Crippen molar-refractivity contribution in [2.75, 3.05) is 10.8 Å². The van der Waals surface area contributed by atoms with Gasteiger partial charge in [-0.15, -0.1) is 11.6 Å². The van der Waals surface area contributed by atoms with Crippen molar-refractivity contribution in [1.82, 2.24) is 0 Å². The first-order valence-corrected chi connectivity index (χ1v) is 13.5. The Kier molecular flexibility index (Phi) is 7.89. The number of hydrogen-bond acceptors (Lipinski definition) is 5. The number of imide groups is 1. The molecule has 0 unspecified atom stereocenters. The number of halogens is 2. The van der Waals surface area contributed by atoms with Gasteiger partial charge in [0.2, 0.25) is 17.6 Å². The number of alkyl halides is 1. The Balaban J connectivity index is 1.32. The molecule has 1 aliphatic heterocycles. The van der Waals surface area contributed by atoms with Crippen molar-refractivity contribution in [3.05, 3.63) is 101 Å². The van der Waals surface area contributed by atoms with Crippen molar-refractivity contribution < 1.29 is 28.3 Å². The van der Waals surface area contributed by atoms with E-state index in [0.717, 1.165) is 18.6 Å². The molecular formula is C31H27ClFNO5. The Morgan fingerprint density at radius 1 is 0.897 bits per heavy atom. The van der Waals surface area contributed by atoms with Crippen LogP contribution >= 0.6 is 11.6 Å². The number of carbonyl (C=O) groups excluding carboxylic acids is 4. The molecule has 3 aromatic carbocycles. The molecule has 2 fully saturated rings. The Labute approximate surface area is 230 Å². The van der Waals surface area contributed by atoms with Crippen LogP contribution in [0.2, 0.25) is 0 Å². The van der Waals surface area contributed by atoms with Crippen molar-refractivity contribution >= 4 is 40.9 Å². The molecule has 2 aliphatic rings. The van der Waals surface area contributed by atoms with Gasteiger partial charge in [0.15, 0.2) is 6.10 Å². The average molecular weight is 548 g/mol. The van der Waals surface area contributed by atoms with Crippen molar-refractivity contribution in [3.8, 4) is 0 Å². The zero-order chi connectivity index (χ0) is 27.5. The molecule has 6 nitrogen and oxygen atoms in total. The average Bonchev–Trinajstić information content (AvgIpc) is 3.22. The first-order chi connectivity index (χ1) is 18.9. The molecule has 8 heteroatoms. The van der Waals surface area contributed by atoms with Crippen LogP contribution in [0.5, 0.6) is 0 Å². The summed E-state index contributed by atoms with van der Waals surface area (Å²) in [7, 11) is 0. The number of nitrogens with zero attached hydrogens (tertiary/aromatic N) is 1. The molecule has 1 aliphatic carbocycles. The van der Waals surface area contributed by atoms with E-state index < -0.39 is 29.6 Å². The second-order valence-corrected chi connectivity index (χ2v) is 10.3. The van der Waals surface area contributed by atoms with Gasteiger partial charge in [-0.2, -0.15) is 0 Å². The summed E-state index contributed by atoms with van der Waals surface area (Å²) >= 11 is 5.85. The molecule has 1 saturated carbocycles. The standard InChI is InChI=1S/C31H27ClFNO5/c32-16-15-27(28(35)20-9-12-23(33)13-10-20)39-31(38)22-7-4-8-24(17-22)34-29(36)25-14-11-21(18-26(25)30(34)37)19-5-2-1-3-6-19/h1-10,12-13,17,21,25-27H,11,14-16,18H2/t21-,25-,26-,27-/m1/s1. The van der Waals surface area contributed by atoms with Gasteiger partial charge in [0.25, 0.3) is 0 Å². The van der Waals surface area contributed by atoms with E-state index in [0.29, 0.717) is 18.5 Å². The first-order valence-electron chi connectivity index (χ1n) is 13.0. The fourth-order valence-corrected chi connectivity index (χ4v) is 5.77. The van der Waals surface area contributed by atoms with Gasteiger partial charge in [-0.25, -0.2) is 9.18 Å². The monoisotopic (exact) mass is 547 g/mol. The number of ketones is 1. The number of Topliss-reactive ketones (excluding diaryl/α,β-unsaturated/α-hetero) is 1. The predicted molar refractivity (Wildman–Crippen MR) is 144 cm³/mol. The Morgan fingerprint density at radius 2 is 1.62 bits per heavy atom. The number of fused-ring (bicyclic) bond motifs is 1. The van der Waals surface area contributed by atoms with Gasteiger partial charge in [0.05, 0.1) is 23.1 Å². The molecule has 0 aromatic heterocycles. The van der Waals surface area contributed by atoms with Crippen LogP contribution in [-0.2, 0) is 14.3 Å². The summed E-state index contributed by atoms with van der Waals surface area (Å²) in [5.41, 5.74) is 1.75. The van der Waals surface area contributed by atoms with E-state index in [9.17, 15) is 23.6 Å². The van der Waals surface area contributed by atoms with E-state index in [1.54, 1.807) is 12.1 Å². The number of benzene rings is 3. The topological polar surface area (TPSA) is 80.8 Å². The molecule has 39 heavy (non-hydrogen) atoms. The number of hydrogen-bond donors (Lipinski definition) is 0. The summed E-state index contributed by atoms with van der Waals surface area (Å²) in [4.78, 5) is 53.9. The number of amides is 2. The Hall–Kier alpha value is -3.84. The van der Waals surface area contributed by atoms with Crippen LogP contribution in [0.25, 0.3) is 0 Å². The maximum absolute atomic E-state index is 13.4. The van der Waals surface area contributed by atoms with Crippen molar-refractivity contribution in [1.29, 1.82) is 0 Å². The van der Waals surface area contributed by atoms with Crippen LogP contribution in [-0.4, -0.2) is 35.6 Å². The molecule has 0 bridgehead atoms. The lowest BCUT2D eigenvalue weighted by atomic mass is 9.73. The zero-order valence-electron chi connectivity index (χ0n) is 21.1. The summed E-state index contributed by atoms with van der Waals surface area (Å²) in [6, 6.07) is 21.1. The fourth-order valence-electron chi connectivity index (χ4n) is 5.57. The second kappa shape index (κ2) is 11.5. The number of rotatable bonds is 8. The van der Waals surface area contributed by atoms with E-state index in [-0.39, 0.29) is 47.1 Å². The first kappa shape index (κ1) is 26.8. The van der Waals surface area contributed by atoms with E-state index in [4.69, 9.17) is 16.3 Å². The van der Waals surface area contributed by atoms with Gasteiger partial charge in [-0.1, -0.05) is 36.4 Å². The molecule has 2 amide bonds. The molecule has 5 rings (SSSR count). The SMILES string of the molecule is O=C(O[C@H](CCCl)C(=O)c1ccc(F)cc1)c1cccc(N2C(=O)[C@@H]3CC[C@@H](c4ccccc4)C[C@H]3C2=O)c1. The second-order valence-electron chi connectivity index (χ2n) is 9.94. The highest BCUT2D eigenvalue weighted by Crippen LogP contribution is 2.45. The minimum absolute atomic E-state index is 0.0639. The van der Waals surface area contributed by atoms with Gasteiger partial charge >= 0.3 is 5.97 Å². The predicted octanol–water partition coefficient (Wildman–Crippen LogP) is 5.94. The zero-order valence-corrected chi connectivity index (χ0v) is 21.9. The van der Waals surface area contributed by atoms with Crippen LogP contribution in [0.3, 0.4) is 0 Å². The number of esters is 1. The Bertz CT molecular complexity index is 1390. The molecule has 0 spiro atoms. The number of anilines is 1. The van der Waals surface area contributed by atoms with E-state index in [1.807, 2.05) is 18.2 Å². The third-order valence-electron chi connectivity index (χ3n) is 7.58. The lowest BCUT2D eigenvalue weighted by Gasteiger charge is -2.28. The van der Waals surface area contributed by atoms with Gasteiger partial charge < -0.3 is 4.74 Å². The quantitative estimate of drug-likeness (QED) is 0.151. The summed E-state index contributed by atoms with van der Waals surface area (Å²) in [6.45, 7) is 0. The normalized spacial score (nSPS) is 21.4. The maximum atomic E-state index is 13.4. The van der Waals surface area contributed by atoms with Gasteiger partial charge in [0, 0.05) is 17.9 Å². The summed E-state index contributed by atoms with van der Waals surface area (Å²) in [5, 5.41) is 0. The smallest absolute Gasteiger partial charge is 0.338 e. The largest absolute Gasteiger partial charge is 0.450 e. The molecule has 1 heterocycles. The lowest BCUT2D eigenvalue weighted by molar-refractivity contribution is -0.122. The summed E-state index contributed by atoms with van der Waals surface area (Å²) in [6.07, 6.45) is 0.950. The number of carbonyl (C=O) groups is 4. The van der Waals surface area contributed by atoms with Gasteiger partial charge in [0.1, 0.15) is 5.82 Å².